The van der Waals surface area contributed by atoms with E-state index in [0.717, 1.165) is 42.7 Å². The van der Waals surface area contributed by atoms with E-state index in [1.165, 1.54) is 36.1 Å². The summed E-state index contributed by atoms with van der Waals surface area (Å²) in [5.41, 5.74) is 5.59. The fraction of sp³-hybridized carbons (Fsp3) is 0.346. The maximum atomic E-state index is 6.44. The molecule has 0 spiro atoms. The van der Waals surface area contributed by atoms with Gasteiger partial charge in [0.1, 0.15) is 18.7 Å². The lowest BCUT2D eigenvalue weighted by Gasteiger charge is -2.21. The summed E-state index contributed by atoms with van der Waals surface area (Å²) in [5, 5.41) is 1.16. The lowest BCUT2D eigenvalue weighted by molar-refractivity contribution is 0.387. The number of piperidine rings is 1. The maximum absolute atomic E-state index is 6.44. The molecule has 150 valence electrons. The molecule has 0 unspecified atom stereocenters. The zero-order chi connectivity index (χ0) is 20.1. The van der Waals surface area contributed by atoms with E-state index in [1.54, 1.807) is 0 Å². The normalized spacial score (nSPS) is 14.6. The fourth-order valence-corrected chi connectivity index (χ4v) is 4.13. The van der Waals surface area contributed by atoms with Crippen LogP contribution in [0.4, 0.5) is 5.69 Å². The highest BCUT2D eigenvalue weighted by atomic mass is 16.3. The van der Waals surface area contributed by atoms with Crippen LogP contribution in [0.25, 0.3) is 23.1 Å². The number of hydrogen-bond acceptors (Lipinski definition) is 2. The molecule has 3 aromatic rings. The van der Waals surface area contributed by atoms with E-state index >= 15 is 0 Å². The highest BCUT2D eigenvalue weighted by molar-refractivity contribution is 5.91. The Bertz CT molecular complexity index is 1050. The van der Waals surface area contributed by atoms with Crippen molar-refractivity contribution in [3.05, 3.63) is 71.3 Å². The van der Waals surface area contributed by atoms with Gasteiger partial charge in [-0.1, -0.05) is 42.5 Å². The molecule has 0 N–H and O–H groups in total. The first-order chi connectivity index (χ1) is 14.3. The van der Waals surface area contributed by atoms with Gasteiger partial charge >= 0.3 is 5.55 Å². The molecule has 0 atom stereocenters. The molecule has 3 heteroatoms. The predicted octanol–water partition coefficient (Wildman–Crippen LogP) is 5.41. The molecule has 0 radical (unpaired) electrons. The fourth-order valence-electron chi connectivity index (χ4n) is 4.13. The van der Waals surface area contributed by atoms with Gasteiger partial charge in [0.2, 0.25) is 0 Å². The first-order valence-corrected chi connectivity index (χ1v) is 10.9. The highest BCUT2D eigenvalue weighted by Crippen LogP contribution is 2.25. The third-order valence-corrected chi connectivity index (χ3v) is 5.82. The molecule has 2 aromatic carbocycles. The number of anilines is 1. The van der Waals surface area contributed by atoms with Crippen molar-refractivity contribution in [2.45, 2.75) is 33.1 Å². The van der Waals surface area contributed by atoms with Crippen molar-refractivity contribution in [2.75, 3.05) is 31.1 Å². The third-order valence-electron chi connectivity index (χ3n) is 5.82. The summed E-state index contributed by atoms with van der Waals surface area (Å²) in [5.74, 6) is 0. The molecule has 2 heterocycles. The second kappa shape index (κ2) is 9.13. The van der Waals surface area contributed by atoms with E-state index in [9.17, 15) is 0 Å². The largest absolute Gasteiger partial charge is 0.405 e. The first-order valence-electron chi connectivity index (χ1n) is 10.9. The van der Waals surface area contributed by atoms with Crippen LogP contribution in [-0.2, 0) is 0 Å². The van der Waals surface area contributed by atoms with Crippen LogP contribution in [0.2, 0.25) is 0 Å². The number of hydrogen-bond donors (Lipinski definition) is 0. The molecule has 4 rings (SSSR count). The van der Waals surface area contributed by atoms with E-state index in [1.807, 2.05) is 0 Å². The summed E-state index contributed by atoms with van der Waals surface area (Å²) in [6.45, 7) is 8.54. The lowest BCUT2D eigenvalue weighted by atomic mass is 10.1. The predicted molar refractivity (Wildman–Crippen MR) is 124 cm³/mol. The van der Waals surface area contributed by atoms with Gasteiger partial charge in [-0.2, -0.15) is 4.58 Å². The smallest absolute Gasteiger partial charge is 0.368 e. The number of fused-ring (bicyclic) bond motifs is 1. The van der Waals surface area contributed by atoms with Gasteiger partial charge in [0, 0.05) is 43.1 Å². The maximum Gasteiger partial charge on any atom is 0.368 e. The third kappa shape index (κ3) is 4.45. The Morgan fingerprint density at radius 2 is 1.66 bits per heavy atom. The van der Waals surface area contributed by atoms with E-state index in [4.69, 9.17) is 4.42 Å². The summed E-state index contributed by atoms with van der Waals surface area (Å²) in [7, 11) is 0. The SMILES string of the molecule is CCN(CC)c1ccc2c(C=Cc3ccccc3)cc(=[N+]3CCCCC3)oc2c1. The highest BCUT2D eigenvalue weighted by Gasteiger charge is 2.15. The molecular formula is C26H31N2O+. The average molecular weight is 388 g/mol. The number of benzene rings is 2. The lowest BCUT2D eigenvalue weighted by Crippen LogP contribution is -2.34. The van der Waals surface area contributed by atoms with Crippen LogP contribution in [0, 0.1) is 0 Å². The zero-order valence-electron chi connectivity index (χ0n) is 17.6. The Kier molecular flexibility index (Phi) is 6.14. The van der Waals surface area contributed by atoms with E-state index in [0.29, 0.717) is 0 Å². The molecule has 1 aliphatic heterocycles. The molecule has 0 aliphatic carbocycles. The van der Waals surface area contributed by atoms with E-state index in [2.05, 4.69) is 90.1 Å². The van der Waals surface area contributed by atoms with Gasteiger partial charge in [-0.25, -0.2) is 0 Å². The molecule has 29 heavy (non-hydrogen) atoms. The summed E-state index contributed by atoms with van der Waals surface area (Å²) < 4.78 is 8.83. The van der Waals surface area contributed by atoms with Gasteiger partial charge in [-0.15, -0.1) is 0 Å². The van der Waals surface area contributed by atoms with Gasteiger partial charge in [-0.05, 0) is 43.5 Å². The summed E-state index contributed by atoms with van der Waals surface area (Å²) in [4.78, 5) is 2.36. The van der Waals surface area contributed by atoms with Crippen molar-refractivity contribution in [2.24, 2.45) is 0 Å². The van der Waals surface area contributed by atoms with Gasteiger partial charge in [-0.3, -0.25) is 0 Å². The van der Waals surface area contributed by atoms with Gasteiger partial charge in [0.05, 0.1) is 6.07 Å². The van der Waals surface area contributed by atoms with E-state index < -0.39 is 0 Å². The van der Waals surface area contributed by atoms with E-state index in [-0.39, 0.29) is 0 Å². The molecule has 0 saturated carbocycles. The summed E-state index contributed by atoms with van der Waals surface area (Å²) in [6, 6.07) is 19.3. The minimum atomic E-state index is 0.963. The molecule has 0 amide bonds. The van der Waals surface area contributed by atoms with Crippen molar-refractivity contribution in [3.63, 3.8) is 0 Å². The number of nitrogens with zero attached hydrogens (tertiary/aromatic N) is 2. The summed E-state index contributed by atoms with van der Waals surface area (Å²) in [6.07, 6.45) is 8.20. The molecule has 3 nitrogen and oxygen atoms in total. The Labute approximate surface area is 173 Å². The number of rotatable bonds is 5. The topological polar surface area (TPSA) is 19.4 Å². The quantitative estimate of drug-likeness (QED) is 0.546. The molecule has 1 aliphatic rings. The zero-order valence-corrected chi connectivity index (χ0v) is 17.6. The molecule has 1 fully saturated rings. The summed E-state index contributed by atoms with van der Waals surface area (Å²) >= 11 is 0. The van der Waals surface area contributed by atoms with Crippen LogP contribution < -0.4 is 15.0 Å². The monoisotopic (exact) mass is 387 g/mol. The Morgan fingerprint density at radius 1 is 0.897 bits per heavy atom. The van der Waals surface area contributed by atoms with Crippen molar-refractivity contribution in [1.29, 1.82) is 0 Å². The van der Waals surface area contributed by atoms with Crippen molar-refractivity contribution < 1.29 is 4.42 Å². The molecule has 1 saturated heterocycles. The molecule has 1 aromatic heterocycles. The second-order valence-corrected chi connectivity index (χ2v) is 7.68. The van der Waals surface area contributed by atoms with Gasteiger partial charge in [0.15, 0.2) is 0 Å². The van der Waals surface area contributed by atoms with Crippen LogP contribution in [-0.4, -0.2) is 26.2 Å². The standard InChI is InChI=1S/C26H31N2O/c1-3-27(4-2)23-15-16-24-22(14-13-21-11-7-5-8-12-21)19-26(29-25(24)20-23)28-17-9-6-10-18-28/h5,7-8,11-16,19-20H,3-4,6,9-10,17-18H2,1-2H3/q+1. The van der Waals surface area contributed by atoms with Gasteiger partial charge < -0.3 is 9.32 Å². The van der Waals surface area contributed by atoms with Crippen molar-refractivity contribution in [1.82, 2.24) is 4.58 Å². The molecule has 0 bridgehead atoms. The Hall–Kier alpha value is -2.81. The molecular weight excluding hydrogens is 356 g/mol. The van der Waals surface area contributed by atoms with Crippen LogP contribution >= 0.6 is 0 Å². The van der Waals surface area contributed by atoms with Crippen LogP contribution in [0.15, 0.2) is 59.0 Å². The van der Waals surface area contributed by atoms with Crippen LogP contribution in [0.3, 0.4) is 0 Å². The minimum absolute atomic E-state index is 0.963. The average Bonchev–Trinajstić information content (AvgIpc) is 2.79. The first kappa shape index (κ1) is 19.5. The minimum Gasteiger partial charge on any atom is -0.405 e. The Morgan fingerprint density at radius 3 is 2.38 bits per heavy atom. The van der Waals surface area contributed by atoms with Crippen molar-refractivity contribution >= 4 is 28.8 Å². The second-order valence-electron chi connectivity index (χ2n) is 7.68. The van der Waals surface area contributed by atoms with Gasteiger partial charge in [0.25, 0.3) is 0 Å². The Balaban J connectivity index is 1.86. The van der Waals surface area contributed by atoms with Crippen LogP contribution in [0.5, 0.6) is 0 Å². The van der Waals surface area contributed by atoms with Crippen molar-refractivity contribution in [3.8, 4) is 0 Å². The van der Waals surface area contributed by atoms with Crippen LogP contribution in [0.1, 0.15) is 44.2 Å².